The van der Waals surface area contributed by atoms with Crippen LogP contribution in [0.4, 0.5) is 4.79 Å². The zero-order valence-electron chi connectivity index (χ0n) is 18.6. The molecule has 0 fully saturated rings. The zero-order valence-corrected chi connectivity index (χ0v) is 20.1. The predicted octanol–water partition coefficient (Wildman–Crippen LogP) is 5.73. The van der Waals surface area contributed by atoms with Crippen LogP contribution in [-0.2, 0) is 17.8 Å². The molecule has 3 aromatic rings. The maximum Gasteiger partial charge on any atom is 0.407 e. The van der Waals surface area contributed by atoms with Crippen molar-refractivity contribution in [3.05, 3.63) is 70.3 Å². The molecule has 0 unspecified atom stereocenters. The van der Waals surface area contributed by atoms with Crippen LogP contribution in [0, 0.1) is 5.92 Å². The molecule has 31 heavy (non-hydrogen) atoms. The molecule has 1 aliphatic heterocycles. The molecule has 1 aromatic heterocycles. The Bertz CT molecular complexity index is 1070. The van der Waals surface area contributed by atoms with Crippen LogP contribution in [0.3, 0.4) is 0 Å². The Hall–Kier alpha value is -2.31. The number of nitrogens with one attached hydrogen (secondary N) is 1. The largest absolute Gasteiger partial charge is 0.444 e. The van der Waals surface area contributed by atoms with E-state index in [4.69, 9.17) is 4.74 Å². The maximum atomic E-state index is 12.3. The first-order chi connectivity index (χ1) is 14.7. The molecular formula is C25H30BrN3O2. The number of hydrogen-bond acceptors (Lipinski definition) is 3. The Labute approximate surface area is 192 Å². The molecule has 6 heteroatoms. The molecule has 0 spiro atoms. The lowest BCUT2D eigenvalue weighted by atomic mass is 9.98. The van der Waals surface area contributed by atoms with Gasteiger partial charge in [0.05, 0.1) is 6.04 Å². The summed E-state index contributed by atoms with van der Waals surface area (Å²) in [6.45, 7) is 7.93. The van der Waals surface area contributed by atoms with E-state index in [9.17, 15) is 4.79 Å². The number of hydrogen-bond donors (Lipinski definition) is 1. The van der Waals surface area contributed by atoms with E-state index in [1.54, 1.807) is 0 Å². The number of carbonyl (C=O) groups is 1. The molecule has 0 saturated carbocycles. The fourth-order valence-corrected chi connectivity index (χ4v) is 4.93. The van der Waals surface area contributed by atoms with E-state index < -0.39 is 5.60 Å². The van der Waals surface area contributed by atoms with E-state index in [0.29, 0.717) is 6.54 Å². The summed E-state index contributed by atoms with van der Waals surface area (Å²) in [7, 11) is 2.17. The summed E-state index contributed by atoms with van der Waals surface area (Å²) in [5.41, 5.74) is 3.30. The van der Waals surface area contributed by atoms with Crippen molar-refractivity contribution in [1.29, 1.82) is 0 Å². The second kappa shape index (κ2) is 8.67. The molecule has 0 saturated heterocycles. The summed E-state index contributed by atoms with van der Waals surface area (Å²) >= 11 is 3.59. The van der Waals surface area contributed by atoms with Gasteiger partial charge in [0.15, 0.2) is 0 Å². The number of alkyl carbamates (subject to hydrolysis) is 1. The van der Waals surface area contributed by atoms with E-state index in [-0.39, 0.29) is 18.1 Å². The zero-order chi connectivity index (χ0) is 22.2. The SMILES string of the molecule is CN(Cc1ccccc1)[C@@H]1c2cc3cc(Br)ccc3n2C[C@@H]1CNC(=O)OC(C)(C)C. The topological polar surface area (TPSA) is 46.5 Å². The van der Waals surface area contributed by atoms with Crippen LogP contribution in [0.15, 0.2) is 59.1 Å². The van der Waals surface area contributed by atoms with Gasteiger partial charge < -0.3 is 14.6 Å². The number of amides is 1. The van der Waals surface area contributed by atoms with E-state index in [1.807, 2.05) is 26.8 Å². The highest BCUT2D eigenvalue weighted by Gasteiger charge is 2.37. The molecule has 0 aliphatic carbocycles. The third-order valence-corrected chi connectivity index (χ3v) is 6.21. The number of rotatable bonds is 5. The smallest absolute Gasteiger partial charge is 0.407 e. The van der Waals surface area contributed by atoms with Crippen molar-refractivity contribution in [1.82, 2.24) is 14.8 Å². The van der Waals surface area contributed by atoms with Crippen LogP contribution in [0.1, 0.15) is 38.1 Å². The van der Waals surface area contributed by atoms with E-state index in [2.05, 4.69) is 86.3 Å². The normalized spacial score (nSPS) is 18.4. The summed E-state index contributed by atoms with van der Waals surface area (Å²) in [6, 6.07) is 19.4. The molecule has 164 valence electrons. The van der Waals surface area contributed by atoms with E-state index >= 15 is 0 Å². The minimum Gasteiger partial charge on any atom is -0.444 e. The molecular weight excluding hydrogens is 454 g/mol. The average Bonchev–Trinajstić information content (AvgIpc) is 3.20. The number of aromatic nitrogens is 1. The van der Waals surface area contributed by atoms with Gasteiger partial charge in [0.2, 0.25) is 0 Å². The third kappa shape index (κ3) is 4.96. The van der Waals surface area contributed by atoms with Crippen LogP contribution in [0.2, 0.25) is 0 Å². The van der Waals surface area contributed by atoms with Crippen LogP contribution >= 0.6 is 15.9 Å². The second-order valence-corrected chi connectivity index (χ2v) is 10.3. The fourth-order valence-electron chi connectivity index (χ4n) is 4.55. The number of fused-ring (bicyclic) bond motifs is 3. The van der Waals surface area contributed by atoms with Crippen molar-refractivity contribution >= 4 is 32.9 Å². The van der Waals surface area contributed by atoms with Gasteiger partial charge in [-0.25, -0.2) is 4.79 Å². The molecule has 2 aromatic carbocycles. The molecule has 1 N–H and O–H groups in total. The third-order valence-electron chi connectivity index (χ3n) is 5.72. The lowest BCUT2D eigenvalue weighted by Gasteiger charge is -2.30. The van der Waals surface area contributed by atoms with E-state index in [1.165, 1.54) is 22.2 Å². The number of halogens is 1. The molecule has 4 rings (SSSR count). The Morgan fingerprint density at radius 2 is 1.94 bits per heavy atom. The highest BCUT2D eigenvalue weighted by atomic mass is 79.9. The van der Waals surface area contributed by atoms with Crippen LogP contribution in [0.25, 0.3) is 10.9 Å². The molecule has 0 bridgehead atoms. The lowest BCUT2D eigenvalue weighted by molar-refractivity contribution is 0.0506. The Balaban J connectivity index is 1.59. The first-order valence-corrected chi connectivity index (χ1v) is 11.5. The first kappa shape index (κ1) is 21.9. The van der Waals surface area contributed by atoms with Crippen molar-refractivity contribution in [3.8, 4) is 0 Å². The summed E-state index contributed by atoms with van der Waals surface area (Å²) in [6.07, 6.45) is -0.359. The van der Waals surface area contributed by atoms with Gasteiger partial charge in [-0.2, -0.15) is 0 Å². The Kier molecular flexibility index (Phi) is 6.13. The van der Waals surface area contributed by atoms with Gasteiger partial charge in [-0.1, -0.05) is 46.3 Å². The predicted molar refractivity (Wildman–Crippen MR) is 128 cm³/mol. The highest BCUT2D eigenvalue weighted by molar-refractivity contribution is 9.10. The highest BCUT2D eigenvalue weighted by Crippen LogP contribution is 2.40. The minimum atomic E-state index is -0.502. The quantitative estimate of drug-likeness (QED) is 0.503. The van der Waals surface area contributed by atoms with Gasteiger partial charge in [-0.05, 0) is 57.6 Å². The minimum absolute atomic E-state index is 0.196. The van der Waals surface area contributed by atoms with Gasteiger partial charge >= 0.3 is 6.09 Å². The molecule has 5 nitrogen and oxygen atoms in total. The van der Waals surface area contributed by atoms with Gasteiger partial charge in [0.1, 0.15) is 5.60 Å². The Morgan fingerprint density at radius 3 is 2.65 bits per heavy atom. The van der Waals surface area contributed by atoms with Crippen molar-refractivity contribution in [2.75, 3.05) is 13.6 Å². The van der Waals surface area contributed by atoms with Crippen molar-refractivity contribution in [3.63, 3.8) is 0 Å². The Morgan fingerprint density at radius 1 is 1.19 bits per heavy atom. The number of nitrogens with zero attached hydrogens (tertiary/aromatic N) is 2. The van der Waals surface area contributed by atoms with Crippen LogP contribution in [0.5, 0.6) is 0 Å². The molecule has 2 atom stereocenters. The van der Waals surface area contributed by atoms with Crippen molar-refractivity contribution in [2.24, 2.45) is 5.92 Å². The van der Waals surface area contributed by atoms with Crippen molar-refractivity contribution < 1.29 is 9.53 Å². The van der Waals surface area contributed by atoms with Gasteiger partial charge in [-0.15, -0.1) is 0 Å². The van der Waals surface area contributed by atoms with Gasteiger partial charge in [-0.3, -0.25) is 4.90 Å². The molecule has 2 heterocycles. The standard InChI is InChI=1S/C25H30BrN3O2/c1-25(2,3)31-24(30)27-14-19-16-29-21-11-10-20(26)12-18(21)13-22(29)23(19)28(4)15-17-8-6-5-7-9-17/h5-13,19,23H,14-16H2,1-4H3,(H,27,30)/t19-,23-/m0/s1. The first-order valence-electron chi connectivity index (χ1n) is 10.7. The maximum absolute atomic E-state index is 12.3. The summed E-state index contributed by atoms with van der Waals surface area (Å²) in [5, 5.41) is 4.24. The number of carbonyl (C=O) groups excluding carboxylic acids is 1. The molecule has 0 radical (unpaired) electrons. The molecule has 1 amide bonds. The van der Waals surface area contributed by atoms with Crippen LogP contribution in [-0.4, -0.2) is 34.8 Å². The second-order valence-electron chi connectivity index (χ2n) is 9.37. The van der Waals surface area contributed by atoms with Crippen molar-refractivity contribution in [2.45, 2.75) is 45.5 Å². The lowest BCUT2D eigenvalue weighted by Crippen LogP contribution is -2.38. The van der Waals surface area contributed by atoms with Gasteiger partial charge in [0.25, 0.3) is 0 Å². The summed E-state index contributed by atoms with van der Waals surface area (Å²) < 4.78 is 8.94. The summed E-state index contributed by atoms with van der Waals surface area (Å²) in [4.78, 5) is 14.7. The molecule has 1 aliphatic rings. The number of ether oxygens (including phenoxy) is 1. The monoisotopic (exact) mass is 483 g/mol. The van der Waals surface area contributed by atoms with Crippen LogP contribution < -0.4 is 5.32 Å². The fraction of sp³-hybridized carbons (Fsp3) is 0.400. The van der Waals surface area contributed by atoms with Gasteiger partial charge in [0, 0.05) is 46.6 Å². The average molecular weight is 484 g/mol. The van der Waals surface area contributed by atoms with E-state index in [0.717, 1.165) is 17.6 Å². The summed E-state index contributed by atoms with van der Waals surface area (Å²) in [5.74, 6) is 0.254. The number of benzene rings is 2.